The summed E-state index contributed by atoms with van der Waals surface area (Å²) >= 11 is 6.66. The zero-order valence-corrected chi connectivity index (χ0v) is 19.2. The number of likely N-dealkylation sites (N-methyl/N-ethyl adjacent to an activating group) is 1. The molecule has 5 N–H and O–H groups in total. The summed E-state index contributed by atoms with van der Waals surface area (Å²) in [5, 5.41) is 32.6. The van der Waals surface area contributed by atoms with Gasteiger partial charge in [0.2, 0.25) is 5.78 Å². The molecule has 0 spiro atoms. The minimum atomic E-state index is -2.83. The fraction of sp³-hybridized carbons (Fsp3) is 0.364. The molecule has 1 aromatic carbocycles. The van der Waals surface area contributed by atoms with E-state index in [0.29, 0.717) is 5.56 Å². The predicted octanol–water partition coefficient (Wildman–Crippen LogP) is 0.748. The number of hydrogen-bond acceptors (Lipinski definition) is 8. The summed E-state index contributed by atoms with van der Waals surface area (Å²) in [4.78, 5) is 51.1. The number of phenols is 1. The second-order valence-electron chi connectivity index (χ2n) is 8.62. The van der Waals surface area contributed by atoms with Crippen LogP contribution in [0.1, 0.15) is 22.3 Å². The molecular weight excluding hydrogens is 475 g/mol. The molecule has 176 valence electrons. The first kappa shape index (κ1) is 24.9. The maximum absolute atomic E-state index is 13.8. The molecule has 0 aromatic heterocycles. The third kappa shape index (κ3) is 2.86. The number of ketones is 3. The summed E-state index contributed by atoms with van der Waals surface area (Å²) in [6.07, 6.45) is -0.184. The number of rotatable bonds is 2. The van der Waals surface area contributed by atoms with Crippen LogP contribution in [-0.2, 0) is 14.4 Å². The number of carbonyl (C=O) groups excluding carboxylic acids is 4. The summed E-state index contributed by atoms with van der Waals surface area (Å²) in [5.74, 6) is -8.37. The Bertz CT molecular complexity index is 1180. The van der Waals surface area contributed by atoms with Crippen molar-refractivity contribution in [2.24, 2.45) is 17.6 Å². The lowest BCUT2D eigenvalue weighted by Gasteiger charge is -2.54. The van der Waals surface area contributed by atoms with Crippen molar-refractivity contribution in [3.05, 3.63) is 47.2 Å². The molecule has 0 radical (unpaired) electrons. The molecule has 3 aliphatic rings. The van der Waals surface area contributed by atoms with Crippen molar-refractivity contribution in [1.29, 1.82) is 0 Å². The first-order chi connectivity index (χ1) is 14.8. The Hall–Kier alpha value is -2.72. The summed E-state index contributed by atoms with van der Waals surface area (Å²) in [6.45, 7) is 3.98. The zero-order valence-electron chi connectivity index (χ0n) is 17.7. The van der Waals surface area contributed by atoms with Crippen molar-refractivity contribution in [3.8, 4) is 5.75 Å². The Morgan fingerprint density at radius 2 is 1.85 bits per heavy atom. The molecule has 0 heterocycles. The summed E-state index contributed by atoms with van der Waals surface area (Å²) < 4.78 is 0. The van der Waals surface area contributed by atoms with E-state index in [-0.39, 0.29) is 30.0 Å². The van der Waals surface area contributed by atoms with Crippen molar-refractivity contribution < 1.29 is 34.5 Å². The first-order valence-corrected chi connectivity index (χ1v) is 10.1. The van der Waals surface area contributed by atoms with Crippen molar-refractivity contribution >= 4 is 52.8 Å². The zero-order chi connectivity index (χ0) is 23.9. The highest BCUT2D eigenvalue weighted by Crippen LogP contribution is 2.58. The third-order valence-corrected chi connectivity index (χ3v) is 7.45. The van der Waals surface area contributed by atoms with Gasteiger partial charge in [-0.3, -0.25) is 24.1 Å². The molecule has 1 aromatic rings. The van der Waals surface area contributed by atoms with Gasteiger partial charge in [-0.1, -0.05) is 18.7 Å². The van der Waals surface area contributed by atoms with E-state index in [1.807, 2.05) is 0 Å². The molecular formula is C22H22Cl2N2O7. The van der Waals surface area contributed by atoms with Crippen LogP contribution in [0.2, 0.25) is 0 Å². The van der Waals surface area contributed by atoms with Gasteiger partial charge < -0.3 is 21.1 Å². The molecule has 1 fully saturated rings. The number of benzene rings is 1. The number of carbonyl (C=O) groups is 4. The van der Waals surface area contributed by atoms with Crippen molar-refractivity contribution in [3.63, 3.8) is 0 Å². The van der Waals surface area contributed by atoms with Gasteiger partial charge in [0.05, 0.1) is 11.6 Å². The fourth-order valence-electron chi connectivity index (χ4n) is 5.36. The highest BCUT2D eigenvalue weighted by Gasteiger charge is 2.72. The molecule has 3 aliphatic carbocycles. The second kappa shape index (κ2) is 7.66. The number of aliphatic hydroxyl groups is 2. The summed E-state index contributed by atoms with van der Waals surface area (Å²) in [5.41, 5.74) is 1.87. The number of aromatic hydroxyl groups is 1. The van der Waals surface area contributed by atoms with Gasteiger partial charge in [0.25, 0.3) is 5.91 Å². The van der Waals surface area contributed by atoms with Gasteiger partial charge in [0.15, 0.2) is 22.0 Å². The standard InChI is InChI=1S/C22H21ClN2O7.ClH/c1-8-9-5-4-6-12(26)13(9)17(28)21(23)10(8)7-11-15(25(2)3)16(27)14(19(24)30)18(29)22(11,32)20(21)31;/h4-6,10-11,15,26,29,32H,1,7H2,2-3H3,(H2,24,30);1H. The minimum absolute atomic E-state index is 0. The van der Waals surface area contributed by atoms with Gasteiger partial charge in [-0.15, -0.1) is 24.0 Å². The minimum Gasteiger partial charge on any atom is -0.508 e. The second-order valence-corrected chi connectivity index (χ2v) is 9.21. The highest BCUT2D eigenvalue weighted by atomic mass is 35.5. The number of allylic oxidation sites excluding steroid dienone is 1. The maximum Gasteiger partial charge on any atom is 0.255 e. The van der Waals surface area contributed by atoms with E-state index in [2.05, 4.69) is 6.58 Å². The van der Waals surface area contributed by atoms with Crippen LogP contribution in [-0.4, -0.2) is 74.1 Å². The number of primary amides is 1. The number of halogens is 2. The van der Waals surface area contributed by atoms with E-state index in [1.165, 1.54) is 31.1 Å². The Morgan fingerprint density at radius 3 is 2.39 bits per heavy atom. The lowest BCUT2D eigenvalue weighted by Crippen LogP contribution is -2.72. The molecule has 11 heteroatoms. The first-order valence-electron chi connectivity index (χ1n) is 9.77. The van der Waals surface area contributed by atoms with Crippen LogP contribution in [0, 0.1) is 11.8 Å². The lowest BCUT2D eigenvalue weighted by atomic mass is 9.53. The monoisotopic (exact) mass is 496 g/mol. The Balaban J connectivity index is 0.00000306. The van der Waals surface area contributed by atoms with Crippen molar-refractivity contribution in [2.45, 2.75) is 22.9 Å². The normalized spacial score (nSPS) is 33.3. The van der Waals surface area contributed by atoms with Crippen LogP contribution in [0.5, 0.6) is 5.75 Å². The van der Waals surface area contributed by atoms with Crippen molar-refractivity contribution in [1.82, 2.24) is 4.90 Å². The van der Waals surface area contributed by atoms with Crippen LogP contribution < -0.4 is 5.73 Å². The molecule has 0 saturated heterocycles. The topological polar surface area (TPSA) is 158 Å². The molecule has 4 rings (SSSR count). The van der Waals surface area contributed by atoms with Gasteiger partial charge in [0.1, 0.15) is 17.1 Å². The van der Waals surface area contributed by atoms with Crippen LogP contribution in [0.25, 0.3) is 5.57 Å². The van der Waals surface area contributed by atoms with E-state index in [4.69, 9.17) is 17.3 Å². The number of Topliss-reactive ketones (excluding diaryl/α,β-unsaturated/α-hetero) is 3. The van der Waals surface area contributed by atoms with Crippen LogP contribution >= 0.6 is 24.0 Å². The Labute approximate surface area is 199 Å². The Morgan fingerprint density at radius 1 is 1.24 bits per heavy atom. The van der Waals surface area contributed by atoms with Gasteiger partial charge >= 0.3 is 0 Å². The maximum atomic E-state index is 13.8. The van der Waals surface area contributed by atoms with Crippen molar-refractivity contribution in [2.75, 3.05) is 14.1 Å². The Kier molecular flexibility index (Phi) is 5.79. The number of phenolic OH excluding ortho intramolecular Hbond substituents is 1. The number of nitrogens with two attached hydrogens (primary N) is 1. The van der Waals surface area contributed by atoms with E-state index in [0.717, 1.165) is 0 Å². The molecule has 33 heavy (non-hydrogen) atoms. The highest BCUT2D eigenvalue weighted by molar-refractivity contribution is 6.52. The smallest absolute Gasteiger partial charge is 0.255 e. The lowest BCUT2D eigenvalue weighted by molar-refractivity contribution is -0.160. The molecule has 1 saturated carbocycles. The SMILES string of the molecule is C=C1c2cccc(O)c2C(=O)C2(Cl)C(=O)C3(O)C(O)=C(C(N)=O)C(=O)C(N(C)C)C3CC12.Cl. The molecule has 0 aliphatic heterocycles. The van der Waals surface area contributed by atoms with E-state index in [9.17, 15) is 34.5 Å². The van der Waals surface area contributed by atoms with Gasteiger partial charge in [-0.05, 0) is 37.7 Å². The molecule has 0 bridgehead atoms. The number of hydrogen-bond donors (Lipinski definition) is 4. The van der Waals surface area contributed by atoms with Crippen LogP contribution in [0.3, 0.4) is 0 Å². The molecule has 5 unspecified atom stereocenters. The van der Waals surface area contributed by atoms with Gasteiger partial charge in [-0.2, -0.15) is 0 Å². The number of fused-ring (bicyclic) bond motifs is 3. The van der Waals surface area contributed by atoms with Gasteiger partial charge in [0, 0.05) is 11.8 Å². The molecule has 9 nitrogen and oxygen atoms in total. The summed E-state index contributed by atoms with van der Waals surface area (Å²) in [7, 11) is 3.01. The van der Waals surface area contributed by atoms with E-state index < -0.39 is 68.7 Å². The average molecular weight is 497 g/mol. The quantitative estimate of drug-likeness (QED) is 0.265. The largest absolute Gasteiger partial charge is 0.508 e. The fourth-order valence-corrected chi connectivity index (χ4v) is 5.82. The molecule has 1 amide bonds. The average Bonchev–Trinajstić information content (AvgIpc) is 2.70. The summed E-state index contributed by atoms with van der Waals surface area (Å²) in [6, 6.07) is 3.10. The number of amides is 1. The third-order valence-electron chi connectivity index (χ3n) is 6.85. The van der Waals surface area contributed by atoms with E-state index >= 15 is 0 Å². The molecule has 5 atom stereocenters. The number of nitrogens with zero attached hydrogens (tertiary/aromatic N) is 1. The van der Waals surface area contributed by atoms with Gasteiger partial charge in [-0.25, -0.2) is 0 Å². The van der Waals surface area contributed by atoms with Crippen LogP contribution in [0.15, 0.2) is 36.1 Å². The predicted molar refractivity (Wildman–Crippen MR) is 120 cm³/mol. The number of alkyl halides is 1. The van der Waals surface area contributed by atoms with E-state index in [1.54, 1.807) is 6.07 Å². The van der Waals surface area contributed by atoms with Crippen LogP contribution in [0.4, 0.5) is 0 Å². The number of aliphatic hydroxyl groups excluding tert-OH is 1.